The van der Waals surface area contributed by atoms with Crippen molar-refractivity contribution in [3.63, 3.8) is 0 Å². The number of hydrogen-bond acceptors (Lipinski definition) is 8. The van der Waals surface area contributed by atoms with Gasteiger partial charge in [-0.15, -0.1) is 0 Å². The fourth-order valence-corrected chi connectivity index (χ4v) is 6.04. The first-order chi connectivity index (χ1) is 19.9. The van der Waals surface area contributed by atoms with Crippen LogP contribution in [0.15, 0.2) is 53.3 Å². The third-order valence-electron chi connectivity index (χ3n) is 7.94. The summed E-state index contributed by atoms with van der Waals surface area (Å²) in [6, 6.07) is 15.2. The lowest BCUT2D eigenvalue weighted by Gasteiger charge is -2.37. The van der Waals surface area contributed by atoms with Crippen molar-refractivity contribution in [2.45, 2.75) is 25.8 Å². The Morgan fingerprint density at radius 2 is 1.46 bits per heavy atom. The molecule has 0 bridgehead atoms. The zero-order valence-electron chi connectivity index (χ0n) is 24.3. The molecular formula is C32H37N3O6. The molecule has 3 aromatic rings. The van der Waals surface area contributed by atoms with Gasteiger partial charge in [-0.2, -0.15) is 0 Å². The summed E-state index contributed by atoms with van der Waals surface area (Å²) in [5.74, 6) is 2.28. The SMILES string of the molecule is COc1ccccc1N1CCN(c2ccc3c(cc2=O)[C@@H](NC(C)=O)CCc2cc(OC)c(OC)c(OC)c2-3)CC1. The van der Waals surface area contributed by atoms with Gasteiger partial charge in [-0.25, -0.2) is 0 Å². The van der Waals surface area contributed by atoms with Gasteiger partial charge < -0.3 is 34.1 Å². The number of nitrogens with one attached hydrogen (secondary N) is 1. The summed E-state index contributed by atoms with van der Waals surface area (Å²) >= 11 is 0. The van der Waals surface area contributed by atoms with Crippen LogP contribution in [0.4, 0.5) is 11.4 Å². The van der Waals surface area contributed by atoms with E-state index in [1.807, 2.05) is 36.4 Å². The van der Waals surface area contributed by atoms with Crippen LogP contribution in [0, 0.1) is 0 Å². The number of carbonyl (C=O) groups excluding carboxylic acids is 1. The van der Waals surface area contributed by atoms with Gasteiger partial charge in [-0.3, -0.25) is 9.59 Å². The topological polar surface area (TPSA) is 89.6 Å². The molecule has 1 N–H and O–H groups in total. The van der Waals surface area contributed by atoms with Crippen LogP contribution in [-0.2, 0) is 11.2 Å². The maximum Gasteiger partial charge on any atom is 0.217 e. The van der Waals surface area contributed by atoms with Gasteiger partial charge >= 0.3 is 0 Å². The number of ether oxygens (including phenoxy) is 4. The van der Waals surface area contributed by atoms with Crippen LogP contribution < -0.4 is 39.5 Å². The molecule has 0 spiro atoms. The first-order valence-electron chi connectivity index (χ1n) is 13.8. The normalized spacial score (nSPS) is 16.2. The number of para-hydroxylation sites is 2. The molecule has 1 aliphatic carbocycles. The smallest absolute Gasteiger partial charge is 0.217 e. The number of hydrogen-bond donors (Lipinski definition) is 1. The second-order valence-electron chi connectivity index (χ2n) is 10.2. The number of piperazine rings is 1. The van der Waals surface area contributed by atoms with Crippen LogP contribution in [0.5, 0.6) is 23.0 Å². The van der Waals surface area contributed by atoms with Gasteiger partial charge in [-0.05, 0) is 59.9 Å². The van der Waals surface area contributed by atoms with E-state index >= 15 is 0 Å². The molecule has 2 aliphatic rings. The van der Waals surface area contributed by atoms with Crippen molar-refractivity contribution in [3.05, 3.63) is 69.9 Å². The highest BCUT2D eigenvalue weighted by molar-refractivity contribution is 5.84. The lowest BCUT2D eigenvalue weighted by Crippen LogP contribution is -2.47. The zero-order chi connectivity index (χ0) is 29.1. The maximum atomic E-state index is 13.8. The van der Waals surface area contributed by atoms with Crippen LogP contribution in [0.3, 0.4) is 0 Å². The largest absolute Gasteiger partial charge is 0.495 e. The first-order valence-corrected chi connectivity index (χ1v) is 13.8. The van der Waals surface area contributed by atoms with Crippen molar-refractivity contribution < 1.29 is 23.7 Å². The molecule has 0 radical (unpaired) electrons. The molecule has 9 nitrogen and oxygen atoms in total. The van der Waals surface area contributed by atoms with Crippen molar-refractivity contribution in [1.82, 2.24) is 5.32 Å². The van der Waals surface area contributed by atoms with E-state index in [1.165, 1.54) is 6.92 Å². The van der Waals surface area contributed by atoms with Crippen LogP contribution in [0.1, 0.15) is 30.5 Å². The highest BCUT2D eigenvalue weighted by atomic mass is 16.5. The molecule has 0 saturated carbocycles. The summed E-state index contributed by atoms with van der Waals surface area (Å²) in [7, 11) is 6.45. The van der Waals surface area contributed by atoms with Gasteiger partial charge in [0.25, 0.3) is 0 Å². The first kappa shape index (κ1) is 28.1. The van der Waals surface area contributed by atoms with Gasteiger partial charge in [-0.1, -0.05) is 18.2 Å². The highest BCUT2D eigenvalue weighted by Gasteiger charge is 2.30. The zero-order valence-corrected chi connectivity index (χ0v) is 24.3. The molecule has 1 heterocycles. The van der Waals surface area contributed by atoms with Crippen LogP contribution in [0.2, 0.25) is 0 Å². The molecule has 216 valence electrons. The summed E-state index contributed by atoms with van der Waals surface area (Å²) in [5, 5.41) is 3.07. The molecular weight excluding hydrogens is 522 g/mol. The van der Waals surface area contributed by atoms with Gasteiger partial charge in [0.1, 0.15) is 5.75 Å². The molecule has 0 aromatic heterocycles. The fraction of sp³-hybridized carbons (Fsp3) is 0.375. The maximum absolute atomic E-state index is 13.8. The van der Waals surface area contributed by atoms with Gasteiger partial charge in [0, 0.05) is 38.7 Å². The number of fused-ring (bicyclic) bond motifs is 3. The molecule has 5 rings (SSSR count). The number of methoxy groups -OCH3 is 4. The molecule has 1 aliphatic heterocycles. The van der Waals surface area contributed by atoms with Crippen LogP contribution in [-0.4, -0.2) is 60.5 Å². The molecule has 1 atom stereocenters. The molecule has 1 fully saturated rings. The Kier molecular flexibility index (Phi) is 8.23. The molecule has 9 heteroatoms. The summed E-state index contributed by atoms with van der Waals surface area (Å²) in [6.45, 7) is 4.36. The molecule has 1 saturated heterocycles. The number of anilines is 2. The van der Waals surface area contributed by atoms with Crippen LogP contribution >= 0.6 is 0 Å². The second-order valence-corrected chi connectivity index (χ2v) is 10.2. The highest BCUT2D eigenvalue weighted by Crippen LogP contribution is 2.50. The molecule has 3 aromatic carbocycles. The average molecular weight is 560 g/mol. The van der Waals surface area contributed by atoms with E-state index in [0.29, 0.717) is 48.9 Å². The Balaban J connectivity index is 1.58. The summed E-state index contributed by atoms with van der Waals surface area (Å²) in [4.78, 5) is 30.5. The van der Waals surface area contributed by atoms with E-state index in [4.69, 9.17) is 18.9 Å². The summed E-state index contributed by atoms with van der Waals surface area (Å²) in [6.07, 6.45) is 1.27. The van der Waals surface area contributed by atoms with Gasteiger partial charge in [0.2, 0.25) is 17.1 Å². The van der Waals surface area contributed by atoms with Crippen molar-refractivity contribution in [3.8, 4) is 34.1 Å². The fourth-order valence-electron chi connectivity index (χ4n) is 6.04. The number of benzene rings is 2. The Morgan fingerprint density at radius 1 is 0.805 bits per heavy atom. The lowest BCUT2D eigenvalue weighted by atomic mass is 9.95. The monoisotopic (exact) mass is 559 g/mol. The third-order valence-corrected chi connectivity index (χ3v) is 7.94. The predicted molar refractivity (Wildman–Crippen MR) is 160 cm³/mol. The number of rotatable bonds is 7. The lowest BCUT2D eigenvalue weighted by molar-refractivity contribution is -0.119. The Bertz CT molecular complexity index is 1500. The van der Waals surface area contributed by atoms with E-state index in [0.717, 1.165) is 46.8 Å². The quantitative estimate of drug-likeness (QED) is 0.461. The van der Waals surface area contributed by atoms with E-state index in [1.54, 1.807) is 34.5 Å². The molecule has 0 unspecified atom stereocenters. The second kappa shape index (κ2) is 12.0. The van der Waals surface area contributed by atoms with E-state index < -0.39 is 0 Å². The standard InChI is InChI=1S/C32H37N3O6/c1-20(36)33-24-12-10-21-18-29(39-3)31(40-4)32(41-5)30(21)22-11-13-25(27(37)19-23(22)24)34-14-16-35(17-15-34)26-8-6-7-9-28(26)38-2/h6-9,11,13,18-19,24H,10,12,14-17H2,1-5H3,(H,33,36)/t24-/m0/s1. The summed E-state index contributed by atoms with van der Waals surface area (Å²) in [5.41, 5.74) is 5.01. The molecule has 41 heavy (non-hydrogen) atoms. The average Bonchev–Trinajstić information content (AvgIpc) is 3.24. The van der Waals surface area contributed by atoms with Crippen LogP contribution in [0.25, 0.3) is 11.1 Å². The minimum atomic E-state index is -0.341. The van der Waals surface area contributed by atoms with Gasteiger partial charge in [0.15, 0.2) is 11.5 Å². The minimum absolute atomic E-state index is 0.0877. The third kappa shape index (κ3) is 5.36. The van der Waals surface area contributed by atoms with E-state index in [-0.39, 0.29) is 17.4 Å². The number of carbonyl (C=O) groups is 1. The Hall–Kier alpha value is -4.40. The number of aryl methyl sites for hydroxylation is 1. The number of amides is 1. The van der Waals surface area contributed by atoms with Crippen molar-refractivity contribution in [1.29, 1.82) is 0 Å². The van der Waals surface area contributed by atoms with Crippen molar-refractivity contribution >= 4 is 17.3 Å². The van der Waals surface area contributed by atoms with Crippen molar-refractivity contribution in [2.24, 2.45) is 0 Å². The summed E-state index contributed by atoms with van der Waals surface area (Å²) < 4.78 is 22.8. The van der Waals surface area contributed by atoms with Gasteiger partial charge in [0.05, 0.1) is 45.9 Å². The van der Waals surface area contributed by atoms with E-state index in [2.05, 4.69) is 21.2 Å². The predicted octanol–water partition coefficient (Wildman–Crippen LogP) is 4.20. The molecule has 1 amide bonds. The minimum Gasteiger partial charge on any atom is -0.495 e. The Labute approximate surface area is 240 Å². The van der Waals surface area contributed by atoms with Crippen molar-refractivity contribution in [2.75, 3.05) is 64.4 Å². The number of nitrogens with zero attached hydrogens (tertiary/aromatic N) is 2. The Morgan fingerprint density at radius 3 is 2.10 bits per heavy atom. The van der Waals surface area contributed by atoms with E-state index in [9.17, 15) is 9.59 Å².